The summed E-state index contributed by atoms with van der Waals surface area (Å²) in [6.45, 7) is 0. The van der Waals surface area contributed by atoms with Gasteiger partial charge in [0.15, 0.2) is 0 Å². The molecule has 0 amide bonds. The second-order valence-electron chi connectivity index (χ2n) is 18.3. The molecular weight excluding hydrogens is 819 g/mol. The number of nitrogens with zero attached hydrogens (tertiary/aromatic N) is 3. The maximum absolute atomic E-state index is 6.78. The first-order valence-corrected chi connectivity index (χ1v) is 23.0. The van der Waals surface area contributed by atoms with Gasteiger partial charge in [-0.25, -0.2) is 0 Å². The monoisotopic (exact) mass is 851 g/mol. The second kappa shape index (κ2) is 12.0. The lowest BCUT2D eigenvalue weighted by molar-refractivity contribution is 0.672. The van der Waals surface area contributed by atoms with Crippen molar-refractivity contribution < 1.29 is 8.83 Å². The summed E-state index contributed by atoms with van der Waals surface area (Å²) in [5.74, 6) is 0. The Kier molecular flexibility index (Phi) is 6.15. The van der Waals surface area contributed by atoms with Gasteiger partial charge in [-0.3, -0.25) is 0 Å². The van der Waals surface area contributed by atoms with Crippen molar-refractivity contribution in [2.75, 3.05) is 0 Å². The van der Waals surface area contributed by atoms with Crippen molar-refractivity contribution in [3.8, 4) is 11.4 Å². The summed E-state index contributed by atoms with van der Waals surface area (Å²) in [4.78, 5) is 0. The molecule has 0 aliphatic carbocycles. The Hall–Kier alpha value is -9.06. The standard InChI is InChI=1S/C62H33N3O2/c1-3-16-36-34(14-1)32-50-54(59(36)63-46-24-9-5-20-42(46)56-48(63)30-28-40-38-18-7-11-26-52(38)66-61(40)56)44-22-13-23-45-55-51(65(50)58(44)45)33-35-15-2-4-17-37(35)60(55)64-47-25-10-6-21-43(47)57-49(64)31-29-41-39-19-8-12-27-53(39)67-62(41)57/h1-33H. The molecule has 308 valence electrons. The van der Waals surface area contributed by atoms with Gasteiger partial charge < -0.3 is 22.4 Å². The maximum atomic E-state index is 6.78. The van der Waals surface area contributed by atoms with Gasteiger partial charge in [-0.05, 0) is 71.4 Å². The van der Waals surface area contributed by atoms with Crippen LogP contribution in [0.15, 0.2) is 209 Å². The predicted molar refractivity (Wildman–Crippen MR) is 279 cm³/mol. The Bertz CT molecular complexity index is 4740. The van der Waals surface area contributed by atoms with Crippen LogP contribution in [-0.2, 0) is 0 Å². The van der Waals surface area contributed by atoms with Crippen LogP contribution >= 0.6 is 0 Å². The fourth-order valence-corrected chi connectivity index (χ4v) is 12.5. The van der Waals surface area contributed by atoms with Crippen LogP contribution in [0.1, 0.15) is 0 Å². The van der Waals surface area contributed by atoms with Gasteiger partial charge in [0, 0.05) is 64.6 Å². The number of hydrogen-bond donors (Lipinski definition) is 0. The molecule has 5 nitrogen and oxygen atoms in total. The molecule has 6 heterocycles. The van der Waals surface area contributed by atoms with Crippen LogP contribution in [0, 0.1) is 0 Å². The maximum Gasteiger partial charge on any atom is 0.145 e. The zero-order chi connectivity index (χ0) is 43.2. The third-order valence-electron chi connectivity index (χ3n) is 15.1. The minimum atomic E-state index is 0.904. The molecule has 67 heavy (non-hydrogen) atoms. The molecule has 0 unspecified atom stereocenters. The number of aromatic nitrogens is 3. The van der Waals surface area contributed by atoms with E-state index < -0.39 is 0 Å². The molecule has 0 bridgehead atoms. The molecule has 0 aliphatic heterocycles. The summed E-state index contributed by atoms with van der Waals surface area (Å²) in [7, 11) is 0. The van der Waals surface area contributed by atoms with E-state index in [9.17, 15) is 0 Å². The Balaban J connectivity index is 1.06. The first-order chi connectivity index (χ1) is 33.3. The highest BCUT2D eigenvalue weighted by molar-refractivity contribution is 6.33. The predicted octanol–water partition coefficient (Wildman–Crippen LogP) is 17.1. The van der Waals surface area contributed by atoms with E-state index in [0.29, 0.717) is 0 Å². The van der Waals surface area contributed by atoms with Crippen LogP contribution in [0.2, 0.25) is 0 Å². The smallest absolute Gasteiger partial charge is 0.145 e. The van der Waals surface area contributed by atoms with Crippen LogP contribution in [0.4, 0.5) is 0 Å². The average Bonchev–Trinajstić information content (AvgIpc) is 4.22. The van der Waals surface area contributed by atoms with Gasteiger partial charge in [0.2, 0.25) is 0 Å². The van der Waals surface area contributed by atoms with Crippen LogP contribution in [0.5, 0.6) is 0 Å². The topological polar surface area (TPSA) is 40.5 Å². The molecule has 0 saturated heterocycles. The molecule has 0 fully saturated rings. The molecule has 0 radical (unpaired) electrons. The Morgan fingerprint density at radius 2 is 0.672 bits per heavy atom. The summed E-state index contributed by atoms with van der Waals surface area (Å²) < 4.78 is 21.2. The molecule has 0 N–H and O–H groups in total. The van der Waals surface area contributed by atoms with Crippen molar-refractivity contribution in [2.24, 2.45) is 0 Å². The van der Waals surface area contributed by atoms with Crippen molar-refractivity contribution in [3.63, 3.8) is 0 Å². The summed E-state index contributed by atoms with van der Waals surface area (Å²) >= 11 is 0. The van der Waals surface area contributed by atoms with Crippen molar-refractivity contribution >= 4 is 147 Å². The number of furan rings is 2. The van der Waals surface area contributed by atoms with Gasteiger partial charge >= 0.3 is 0 Å². The molecule has 11 aromatic carbocycles. The molecule has 6 aromatic heterocycles. The van der Waals surface area contributed by atoms with Crippen molar-refractivity contribution in [1.82, 2.24) is 13.5 Å². The second-order valence-corrected chi connectivity index (χ2v) is 18.3. The average molecular weight is 852 g/mol. The summed E-state index contributed by atoms with van der Waals surface area (Å²) in [5.41, 5.74) is 14.1. The van der Waals surface area contributed by atoms with E-state index in [2.05, 4.69) is 214 Å². The van der Waals surface area contributed by atoms with E-state index in [0.717, 1.165) is 76.7 Å². The lowest BCUT2D eigenvalue weighted by Crippen LogP contribution is -1.98. The quantitative estimate of drug-likeness (QED) is 0.174. The largest absolute Gasteiger partial charge is 0.455 e. The van der Waals surface area contributed by atoms with Gasteiger partial charge in [-0.2, -0.15) is 0 Å². The van der Waals surface area contributed by atoms with E-state index in [1.54, 1.807) is 0 Å². The number of hydrogen-bond acceptors (Lipinski definition) is 2. The molecule has 17 aromatic rings. The lowest BCUT2D eigenvalue weighted by Gasteiger charge is -2.16. The molecule has 0 aliphatic rings. The molecule has 0 saturated carbocycles. The SMILES string of the molecule is c1ccc2c(-n3c4ccccc4c4c5oc6ccccc6c5ccc43)c3c4cccc5c6c(-n7c8ccccc8c8c9oc%10ccccc%10c9ccc87)c7ccccc7cc6n(c3cc2c1)c45. The molecule has 0 atom stereocenters. The third kappa shape index (κ3) is 4.09. The fourth-order valence-electron chi connectivity index (χ4n) is 12.5. The Morgan fingerprint density at radius 1 is 0.269 bits per heavy atom. The molecule has 17 rings (SSSR count). The van der Waals surface area contributed by atoms with Crippen molar-refractivity contribution in [2.45, 2.75) is 0 Å². The first kappa shape index (κ1) is 34.4. The van der Waals surface area contributed by atoms with Gasteiger partial charge in [0.05, 0.1) is 60.8 Å². The first-order valence-electron chi connectivity index (χ1n) is 23.0. The number of para-hydroxylation sites is 5. The highest BCUT2D eigenvalue weighted by Crippen LogP contribution is 2.50. The van der Waals surface area contributed by atoms with Crippen LogP contribution in [0.3, 0.4) is 0 Å². The van der Waals surface area contributed by atoms with E-state index in [1.807, 2.05) is 0 Å². The van der Waals surface area contributed by atoms with E-state index in [1.165, 1.54) is 81.8 Å². The molecule has 5 heteroatoms. The minimum Gasteiger partial charge on any atom is -0.455 e. The van der Waals surface area contributed by atoms with Gasteiger partial charge in [0.25, 0.3) is 0 Å². The highest BCUT2D eigenvalue weighted by atomic mass is 16.3. The summed E-state index contributed by atoms with van der Waals surface area (Å²) in [6.07, 6.45) is 0. The zero-order valence-corrected chi connectivity index (χ0v) is 35.7. The number of fused-ring (bicyclic) bond motifs is 22. The number of rotatable bonds is 2. The van der Waals surface area contributed by atoms with E-state index in [-0.39, 0.29) is 0 Å². The molecule has 0 spiro atoms. The summed E-state index contributed by atoms with van der Waals surface area (Å²) in [5, 5.41) is 18.8. The summed E-state index contributed by atoms with van der Waals surface area (Å²) in [6, 6.07) is 73.2. The van der Waals surface area contributed by atoms with E-state index in [4.69, 9.17) is 8.83 Å². The lowest BCUT2D eigenvalue weighted by atomic mass is 9.99. The van der Waals surface area contributed by atoms with Crippen molar-refractivity contribution in [1.29, 1.82) is 0 Å². The van der Waals surface area contributed by atoms with Gasteiger partial charge in [0.1, 0.15) is 22.3 Å². The number of benzene rings is 11. The fraction of sp³-hybridized carbons (Fsp3) is 0. The Labute approximate surface area is 379 Å². The normalized spacial score (nSPS) is 12.8. The van der Waals surface area contributed by atoms with Crippen LogP contribution in [0.25, 0.3) is 159 Å². The van der Waals surface area contributed by atoms with Crippen LogP contribution in [-0.4, -0.2) is 13.5 Å². The van der Waals surface area contributed by atoms with Gasteiger partial charge in [-0.1, -0.05) is 140 Å². The Morgan fingerprint density at radius 3 is 1.16 bits per heavy atom. The minimum absolute atomic E-state index is 0.904. The highest BCUT2D eigenvalue weighted by Gasteiger charge is 2.28. The van der Waals surface area contributed by atoms with Gasteiger partial charge in [-0.15, -0.1) is 0 Å². The molecular formula is C62H33N3O2. The third-order valence-corrected chi connectivity index (χ3v) is 15.1. The van der Waals surface area contributed by atoms with E-state index >= 15 is 0 Å². The zero-order valence-electron chi connectivity index (χ0n) is 35.7. The van der Waals surface area contributed by atoms with Crippen molar-refractivity contribution in [3.05, 3.63) is 200 Å². The van der Waals surface area contributed by atoms with Crippen LogP contribution < -0.4 is 0 Å².